The first-order valence-corrected chi connectivity index (χ1v) is 9.98. The Bertz CT molecular complexity index is 1200. The van der Waals surface area contributed by atoms with Crippen molar-refractivity contribution in [2.75, 3.05) is 0 Å². The van der Waals surface area contributed by atoms with Gasteiger partial charge < -0.3 is 14.1 Å². The van der Waals surface area contributed by atoms with Crippen LogP contribution in [0.4, 0.5) is 0 Å². The van der Waals surface area contributed by atoms with Gasteiger partial charge in [-0.1, -0.05) is 29.8 Å². The number of carboxylic acids is 1. The summed E-state index contributed by atoms with van der Waals surface area (Å²) >= 11 is 1.01. The second-order valence-electron chi connectivity index (χ2n) is 6.86. The normalized spacial score (nSPS) is 11.9. The number of benzene rings is 2. The maximum Gasteiger partial charge on any atom is 0.342 e. The number of nitrogens with zero attached hydrogens (tertiary/aromatic N) is 2. The molecule has 0 aliphatic rings. The Kier molecular flexibility index (Phi) is 5.03. The molecule has 0 fully saturated rings. The van der Waals surface area contributed by atoms with E-state index < -0.39 is 5.97 Å². The molecular formula is C23H20N2O3S. The Balaban J connectivity index is 1.71. The molecule has 0 atom stereocenters. The van der Waals surface area contributed by atoms with Crippen LogP contribution in [0.15, 0.2) is 69.1 Å². The minimum Gasteiger partial charge on any atom is -0.477 e. The molecule has 2 heterocycles. The van der Waals surface area contributed by atoms with Crippen molar-refractivity contribution in [1.82, 2.24) is 9.55 Å². The third kappa shape index (κ3) is 3.84. The average molecular weight is 404 g/mol. The molecular weight excluding hydrogens is 384 g/mol. The molecule has 1 N–H and O–H groups in total. The van der Waals surface area contributed by atoms with E-state index in [1.807, 2.05) is 44.2 Å². The van der Waals surface area contributed by atoms with Crippen molar-refractivity contribution in [3.8, 4) is 5.69 Å². The average Bonchev–Trinajstić information content (AvgIpc) is 3.22. The number of hydrogen-bond acceptors (Lipinski definition) is 4. The first kappa shape index (κ1) is 19.1. The van der Waals surface area contributed by atoms with Crippen molar-refractivity contribution >= 4 is 34.9 Å². The smallest absolute Gasteiger partial charge is 0.342 e. The van der Waals surface area contributed by atoms with Crippen LogP contribution in [0.2, 0.25) is 0 Å². The number of aromatic nitrogens is 2. The molecule has 4 aromatic rings. The lowest BCUT2D eigenvalue weighted by Crippen LogP contribution is -2.00. The van der Waals surface area contributed by atoms with E-state index in [0.717, 1.165) is 34.4 Å². The van der Waals surface area contributed by atoms with Crippen LogP contribution in [0.5, 0.6) is 0 Å². The molecule has 146 valence electrons. The number of oxazole rings is 1. The summed E-state index contributed by atoms with van der Waals surface area (Å²) in [5.41, 5.74) is 6.45. The zero-order valence-electron chi connectivity index (χ0n) is 16.3. The summed E-state index contributed by atoms with van der Waals surface area (Å²) in [4.78, 5) is 16.4. The molecule has 2 aromatic heterocycles. The monoisotopic (exact) mass is 404 g/mol. The van der Waals surface area contributed by atoms with Crippen LogP contribution in [0.25, 0.3) is 22.9 Å². The van der Waals surface area contributed by atoms with Crippen molar-refractivity contribution in [2.45, 2.75) is 26.0 Å². The van der Waals surface area contributed by atoms with Gasteiger partial charge >= 0.3 is 5.97 Å². The van der Waals surface area contributed by atoms with Crippen molar-refractivity contribution in [1.29, 1.82) is 0 Å². The van der Waals surface area contributed by atoms with Crippen LogP contribution in [0.3, 0.4) is 0 Å². The molecule has 0 amide bonds. The zero-order chi connectivity index (χ0) is 20.5. The summed E-state index contributed by atoms with van der Waals surface area (Å²) < 4.78 is 7.79. The Hall–Kier alpha value is -3.25. The SMILES string of the molecule is Cc1ccc(-n2c(C)cc(/C=C(\Sc3nc4ccccc4o3)C(=O)O)c2C)cc1. The van der Waals surface area contributed by atoms with Gasteiger partial charge in [0.2, 0.25) is 0 Å². The fourth-order valence-corrected chi connectivity index (χ4v) is 4.03. The van der Waals surface area contributed by atoms with E-state index in [2.05, 4.69) is 40.7 Å². The highest BCUT2D eigenvalue weighted by Crippen LogP contribution is 2.32. The molecule has 6 heteroatoms. The zero-order valence-corrected chi connectivity index (χ0v) is 17.2. The van der Waals surface area contributed by atoms with Gasteiger partial charge in [0.25, 0.3) is 5.22 Å². The quantitative estimate of drug-likeness (QED) is 0.338. The third-order valence-corrected chi connectivity index (χ3v) is 5.59. The molecule has 0 radical (unpaired) electrons. The number of aliphatic carboxylic acids is 1. The molecule has 0 saturated heterocycles. The van der Waals surface area contributed by atoms with Gasteiger partial charge in [0.05, 0.1) is 0 Å². The fourth-order valence-electron chi connectivity index (χ4n) is 3.29. The summed E-state index contributed by atoms with van der Waals surface area (Å²) in [6.45, 7) is 6.05. The predicted molar refractivity (Wildman–Crippen MR) is 115 cm³/mol. The third-order valence-electron chi connectivity index (χ3n) is 4.73. The summed E-state index contributed by atoms with van der Waals surface area (Å²) in [5.74, 6) is -1.02. The van der Waals surface area contributed by atoms with Gasteiger partial charge in [0, 0.05) is 17.1 Å². The van der Waals surface area contributed by atoms with Crippen molar-refractivity contribution in [2.24, 2.45) is 0 Å². The van der Waals surface area contributed by atoms with Gasteiger partial charge in [-0.25, -0.2) is 9.78 Å². The minimum atomic E-state index is -1.02. The van der Waals surface area contributed by atoms with Crippen LogP contribution in [-0.2, 0) is 4.79 Å². The van der Waals surface area contributed by atoms with E-state index in [0.29, 0.717) is 16.3 Å². The van der Waals surface area contributed by atoms with E-state index in [4.69, 9.17) is 4.42 Å². The van der Waals surface area contributed by atoms with E-state index in [1.165, 1.54) is 5.56 Å². The number of thioether (sulfide) groups is 1. The van der Waals surface area contributed by atoms with Gasteiger partial charge in [-0.15, -0.1) is 0 Å². The van der Waals surface area contributed by atoms with E-state index >= 15 is 0 Å². The number of carboxylic acid groups (broad SMARTS) is 1. The summed E-state index contributed by atoms with van der Waals surface area (Å²) in [6.07, 6.45) is 1.68. The molecule has 0 saturated carbocycles. The first-order chi connectivity index (χ1) is 13.9. The van der Waals surface area contributed by atoms with Crippen LogP contribution >= 0.6 is 11.8 Å². The molecule has 29 heavy (non-hydrogen) atoms. The number of fused-ring (bicyclic) bond motifs is 1. The number of rotatable bonds is 5. The van der Waals surface area contributed by atoms with Crippen molar-refractivity contribution < 1.29 is 14.3 Å². The standard InChI is InChI=1S/C23H20N2O3S/c1-14-8-10-18(11-9-14)25-15(2)12-17(16(25)3)13-21(22(26)27)29-23-24-19-6-4-5-7-20(19)28-23/h4-13H,1-3H3,(H,26,27)/b21-13-. The number of para-hydroxylation sites is 2. The molecule has 0 unspecified atom stereocenters. The topological polar surface area (TPSA) is 68.3 Å². The number of carbonyl (C=O) groups is 1. The van der Waals surface area contributed by atoms with Crippen LogP contribution < -0.4 is 0 Å². The van der Waals surface area contributed by atoms with Gasteiger partial charge in [-0.2, -0.15) is 0 Å². The second-order valence-corrected chi connectivity index (χ2v) is 7.85. The van der Waals surface area contributed by atoms with Crippen LogP contribution in [-0.4, -0.2) is 20.6 Å². The van der Waals surface area contributed by atoms with Crippen LogP contribution in [0.1, 0.15) is 22.5 Å². The largest absolute Gasteiger partial charge is 0.477 e. The highest BCUT2D eigenvalue weighted by molar-refractivity contribution is 8.03. The molecule has 5 nitrogen and oxygen atoms in total. The second kappa shape index (κ2) is 7.64. The maximum atomic E-state index is 11.9. The lowest BCUT2D eigenvalue weighted by molar-refractivity contribution is -0.131. The van der Waals surface area contributed by atoms with Gasteiger partial charge in [-0.3, -0.25) is 0 Å². The highest BCUT2D eigenvalue weighted by Gasteiger charge is 2.17. The minimum absolute atomic E-state index is 0.153. The van der Waals surface area contributed by atoms with Gasteiger partial charge in [0.1, 0.15) is 10.4 Å². The molecule has 0 bridgehead atoms. The predicted octanol–water partition coefficient (Wildman–Crippen LogP) is 5.76. The van der Waals surface area contributed by atoms with Crippen molar-refractivity contribution in [3.05, 3.63) is 82.0 Å². The molecule has 0 aliphatic heterocycles. The Morgan fingerprint density at radius 2 is 1.83 bits per heavy atom. The van der Waals surface area contributed by atoms with E-state index in [9.17, 15) is 9.90 Å². The molecule has 4 rings (SSSR count). The molecule has 2 aromatic carbocycles. The summed E-state index contributed by atoms with van der Waals surface area (Å²) in [5, 5.41) is 10.0. The van der Waals surface area contributed by atoms with E-state index in [-0.39, 0.29) is 4.91 Å². The van der Waals surface area contributed by atoms with Crippen LogP contribution in [0, 0.1) is 20.8 Å². The molecule has 0 aliphatic carbocycles. The molecule has 0 spiro atoms. The Morgan fingerprint density at radius 1 is 1.10 bits per heavy atom. The summed E-state index contributed by atoms with van der Waals surface area (Å²) in [6, 6.07) is 17.6. The highest BCUT2D eigenvalue weighted by atomic mass is 32.2. The van der Waals surface area contributed by atoms with Gasteiger partial charge in [0.15, 0.2) is 5.58 Å². The lowest BCUT2D eigenvalue weighted by atomic mass is 10.2. The lowest BCUT2D eigenvalue weighted by Gasteiger charge is -2.10. The fraction of sp³-hybridized carbons (Fsp3) is 0.130. The Morgan fingerprint density at radius 3 is 2.52 bits per heavy atom. The first-order valence-electron chi connectivity index (χ1n) is 9.17. The summed E-state index contributed by atoms with van der Waals surface area (Å²) in [7, 11) is 0. The van der Waals surface area contributed by atoms with Crippen molar-refractivity contribution in [3.63, 3.8) is 0 Å². The maximum absolute atomic E-state index is 11.9. The number of aryl methyl sites for hydroxylation is 2. The Labute approximate surface area is 172 Å². The van der Waals surface area contributed by atoms with E-state index in [1.54, 1.807) is 6.08 Å². The van der Waals surface area contributed by atoms with Gasteiger partial charge in [-0.05, 0) is 74.5 Å². The number of hydrogen-bond donors (Lipinski definition) is 1.